The number of aromatic nitrogens is 1. The molecular weight excluding hydrogens is 264 g/mol. The minimum Gasteiger partial charge on any atom is -0.377 e. The van der Waals surface area contributed by atoms with E-state index in [1.807, 2.05) is 24.0 Å². The molecule has 1 aliphatic heterocycles. The first-order chi connectivity index (χ1) is 9.20. The van der Waals surface area contributed by atoms with Gasteiger partial charge in [0.15, 0.2) is 0 Å². The maximum Gasteiger partial charge on any atom is 0.272 e. The maximum atomic E-state index is 12.3. The van der Waals surface area contributed by atoms with Crippen LogP contribution in [0.3, 0.4) is 0 Å². The molecule has 0 aromatic carbocycles. The van der Waals surface area contributed by atoms with Crippen molar-refractivity contribution in [1.29, 1.82) is 0 Å². The van der Waals surface area contributed by atoms with Gasteiger partial charge in [-0.2, -0.15) is 0 Å². The van der Waals surface area contributed by atoms with Crippen LogP contribution in [-0.2, 0) is 4.74 Å². The number of halogens is 1. The second-order valence-electron chi connectivity index (χ2n) is 4.72. The molecule has 0 N–H and O–H groups in total. The number of pyridine rings is 1. The first-order valence-corrected chi connectivity index (χ1v) is 7.14. The average molecular weight is 283 g/mol. The summed E-state index contributed by atoms with van der Waals surface area (Å²) >= 11 is 5.60. The summed E-state index contributed by atoms with van der Waals surface area (Å²) in [6.07, 6.45) is 1.97. The highest BCUT2D eigenvalue weighted by Gasteiger charge is 2.24. The monoisotopic (exact) mass is 282 g/mol. The molecule has 0 unspecified atom stereocenters. The number of alkyl halides is 1. The highest BCUT2D eigenvalue weighted by molar-refractivity contribution is 6.17. The van der Waals surface area contributed by atoms with Crippen molar-refractivity contribution < 1.29 is 9.53 Å². The van der Waals surface area contributed by atoms with Crippen LogP contribution in [0, 0.1) is 6.92 Å². The molecule has 0 saturated carbocycles. The molecule has 5 heteroatoms. The van der Waals surface area contributed by atoms with Crippen molar-refractivity contribution in [3.8, 4) is 0 Å². The lowest BCUT2D eigenvalue weighted by atomic mass is 10.1. The fraction of sp³-hybridized carbons (Fsp3) is 0.571. The van der Waals surface area contributed by atoms with Gasteiger partial charge in [-0.05, 0) is 31.9 Å². The molecular formula is C14H19ClN2O2. The number of likely N-dealkylation sites (tertiary alicyclic amines) is 1. The molecule has 1 fully saturated rings. The number of carbonyl (C=O) groups is 1. The summed E-state index contributed by atoms with van der Waals surface area (Å²) in [6.45, 7) is 3.92. The van der Waals surface area contributed by atoms with Crippen LogP contribution >= 0.6 is 11.6 Å². The molecule has 2 heterocycles. The predicted octanol–water partition coefficient (Wildman–Crippen LogP) is 2.25. The van der Waals surface area contributed by atoms with Gasteiger partial charge in [-0.25, -0.2) is 4.98 Å². The van der Waals surface area contributed by atoms with Crippen LogP contribution in [0.1, 0.15) is 29.0 Å². The normalized spacial score (nSPS) is 16.6. The van der Waals surface area contributed by atoms with Gasteiger partial charge in [0.1, 0.15) is 5.69 Å². The van der Waals surface area contributed by atoms with E-state index in [1.165, 1.54) is 0 Å². The van der Waals surface area contributed by atoms with Gasteiger partial charge in [0, 0.05) is 24.7 Å². The van der Waals surface area contributed by atoms with Crippen molar-refractivity contribution in [1.82, 2.24) is 9.88 Å². The second kappa shape index (κ2) is 6.87. The van der Waals surface area contributed by atoms with Gasteiger partial charge >= 0.3 is 0 Å². The zero-order chi connectivity index (χ0) is 13.7. The van der Waals surface area contributed by atoms with Crippen LogP contribution in [0.5, 0.6) is 0 Å². The molecule has 0 radical (unpaired) electrons. The fourth-order valence-corrected chi connectivity index (χ4v) is 2.35. The molecule has 0 spiro atoms. The standard InChI is InChI=1S/C14H19ClN2O2/c1-11-3-2-4-13(16-11)14(18)17-8-5-12(6-9-17)19-10-7-15/h2-4,12H,5-10H2,1H3. The highest BCUT2D eigenvalue weighted by atomic mass is 35.5. The Morgan fingerprint density at radius 1 is 1.47 bits per heavy atom. The van der Waals surface area contributed by atoms with E-state index in [1.54, 1.807) is 6.07 Å². The quantitative estimate of drug-likeness (QED) is 0.796. The number of hydrogen-bond acceptors (Lipinski definition) is 3. The third kappa shape index (κ3) is 3.91. The summed E-state index contributed by atoms with van der Waals surface area (Å²) < 4.78 is 5.60. The van der Waals surface area contributed by atoms with Crippen LogP contribution in [0.2, 0.25) is 0 Å². The number of piperidine rings is 1. The van der Waals surface area contributed by atoms with Gasteiger partial charge in [-0.1, -0.05) is 6.07 Å². The van der Waals surface area contributed by atoms with E-state index in [9.17, 15) is 4.79 Å². The van der Waals surface area contributed by atoms with E-state index >= 15 is 0 Å². The van der Waals surface area contributed by atoms with Crippen molar-refractivity contribution in [3.63, 3.8) is 0 Å². The Balaban J connectivity index is 1.89. The molecule has 0 atom stereocenters. The van der Waals surface area contributed by atoms with Crippen molar-refractivity contribution in [2.45, 2.75) is 25.9 Å². The smallest absolute Gasteiger partial charge is 0.272 e. The van der Waals surface area contributed by atoms with Crippen molar-refractivity contribution >= 4 is 17.5 Å². The largest absolute Gasteiger partial charge is 0.377 e. The van der Waals surface area contributed by atoms with Crippen molar-refractivity contribution in [3.05, 3.63) is 29.6 Å². The number of aryl methyl sites for hydroxylation is 1. The summed E-state index contributed by atoms with van der Waals surface area (Å²) in [5, 5.41) is 0. The molecule has 104 valence electrons. The third-order valence-corrected chi connectivity index (χ3v) is 3.42. The summed E-state index contributed by atoms with van der Waals surface area (Å²) in [5.74, 6) is 0.534. The zero-order valence-electron chi connectivity index (χ0n) is 11.1. The number of rotatable bonds is 4. The number of carbonyl (C=O) groups excluding carboxylic acids is 1. The van der Waals surface area contributed by atoms with Gasteiger partial charge in [0.25, 0.3) is 5.91 Å². The van der Waals surface area contributed by atoms with Gasteiger partial charge in [0.05, 0.1) is 12.7 Å². The molecule has 1 aromatic rings. The van der Waals surface area contributed by atoms with Crippen LogP contribution in [0.4, 0.5) is 0 Å². The molecule has 1 aromatic heterocycles. The Morgan fingerprint density at radius 2 is 2.21 bits per heavy atom. The van der Waals surface area contributed by atoms with Crippen molar-refractivity contribution in [2.24, 2.45) is 0 Å². The molecule has 1 aliphatic rings. The highest BCUT2D eigenvalue weighted by Crippen LogP contribution is 2.16. The van der Waals surface area contributed by atoms with Gasteiger partial charge in [-0.3, -0.25) is 4.79 Å². The Morgan fingerprint density at radius 3 is 2.84 bits per heavy atom. The lowest BCUT2D eigenvalue weighted by Crippen LogP contribution is -2.41. The molecule has 2 rings (SSSR count). The van der Waals surface area contributed by atoms with Crippen molar-refractivity contribution in [2.75, 3.05) is 25.6 Å². The molecule has 0 bridgehead atoms. The minimum atomic E-state index is 0.0134. The lowest BCUT2D eigenvalue weighted by Gasteiger charge is -2.31. The second-order valence-corrected chi connectivity index (χ2v) is 5.09. The van der Waals surface area contributed by atoms with E-state index in [0.717, 1.165) is 31.6 Å². The molecule has 0 aliphatic carbocycles. The predicted molar refractivity (Wildman–Crippen MR) is 74.6 cm³/mol. The lowest BCUT2D eigenvalue weighted by molar-refractivity contribution is 0.0152. The summed E-state index contributed by atoms with van der Waals surface area (Å²) in [6, 6.07) is 5.53. The van der Waals surface area contributed by atoms with E-state index < -0.39 is 0 Å². The van der Waals surface area contributed by atoms with Crippen LogP contribution in [0.25, 0.3) is 0 Å². The third-order valence-electron chi connectivity index (χ3n) is 3.27. The zero-order valence-corrected chi connectivity index (χ0v) is 11.9. The summed E-state index contributed by atoms with van der Waals surface area (Å²) in [7, 11) is 0. The van der Waals surface area contributed by atoms with Crippen LogP contribution < -0.4 is 0 Å². The molecule has 4 nitrogen and oxygen atoms in total. The van der Waals surface area contributed by atoms with E-state index in [4.69, 9.17) is 16.3 Å². The molecule has 1 amide bonds. The van der Waals surface area contributed by atoms with E-state index in [2.05, 4.69) is 4.98 Å². The van der Waals surface area contributed by atoms with Crippen LogP contribution in [0.15, 0.2) is 18.2 Å². The van der Waals surface area contributed by atoms with Gasteiger partial charge < -0.3 is 9.64 Å². The minimum absolute atomic E-state index is 0.0134. The Bertz CT molecular complexity index is 431. The number of nitrogens with zero attached hydrogens (tertiary/aromatic N) is 2. The van der Waals surface area contributed by atoms with Crippen LogP contribution in [-0.4, -0.2) is 47.5 Å². The Hall–Kier alpha value is -1.13. The number of ether oxygens (including phenoxy) is 1. The number of amides is 1. The first-order valence-electron chi connectivity index (χ1n) is 6.61. The average Bonchev–Trinajstić information content (AvgIpc) is 2.45. The first kappa shape index (κ1) is 14.3. The fourth-order valence-electron chi connectivity index (χ4n) is 2.26. The summed E-state index contributed by atoms with van der Waals surface area (Å²) in [5.41, 5.74) is 1.39. The maximum absolute atomic E-state index is 12.3. The topological polar surface area (TPSA) is 42.4 Å². The van der Waals surface area contributed by atoms with E-state index in [0.29, 0.717) is 18.2 Å². The molecule has 19 heavy (non-hydrogen) atoms. The van der Waals surface area contributed by atoms with Gasteiger partial charge in [0.2, 0.25) is 0 Å². The Kier molecular flexibility index (Phi) is 5.16. The SMILES string of the molecule is Cc1cccc(C(=O)N2CCC(OCCCl)CC2)n1. The number of hydrogen-bond donors (Lipinski definition) is 0. The Labute approximate surface area is 118 Å². The summed E-state index contributed by atoms with van der Waals surface area (Å²) in [4.78, 5) is 18.4. The van der Waals surface area contributed by atoms with E-state index in [-0.39, 0.29) is 12.0 Å². The van der Waals surface area contributed by atoms with Gasteiger partial charge in [-0.15, -0.1) is 11.6 Å². The molecule has 1 saturated heterocycles.